The number of amides is 4. The molecule has 230 valence electrons. The van der Waals surface area contributed by atoms with Gasteiger partial charge in [0.15, 0.2) is 0 Å². The number of hydrogen-bond donors (Lipinski definition) is 3. The van der Waals surface area contributed by atoms with E-state index in [-0.39, 0.29) is 29.8 Å². The molecule has 0 aromatic carbocycles. The van der Waals surface area contributed by atoms with Gasteiger partial charge in [0.25, 0.3) is 5.91 Å². The number of halogens is 4. The molecule has 4 amide bonds. The summed E-state index contributed by atoms with van der Waals surface area (Å²) in [5.74, 6) is -1.02. The van der Waals surface area contributed by atoms with Gasteiger partial charge in [0.1, 0.15) is 23.6 Å². The third-order valence-corrected chi connectivity index (χ3v) is 8.02. The van der Waals surface area contributed by atoms with Crippen molar-refractivity contribution in [3.05, 3.63) is 41.9 Å². The molecule has 3 heterocycles. The summed E-state index contributed by atoms with van der Waals surface area (Å²) in [5.41, 5.74) is 0.738. The third kappa shape index (κ3) is 7.33. The van der Waals surface area contributed by atoms with Crippen molar-refractivity contribution >= 4 is 35.3 Å². The maximum absolute atomic E-state index is 13.6. The molecule has 1 aliphatic carbocycles. The molecule has 42 heavy (non-hydrogen) atoms. The van der Waals surface area contributed by atoms with Crippen molar-refractivity contribution in [2.75, 3.05) is 25.6 Å². The molecule has 11 nitrogen and oxygen atoms in total. The summed E-state index contributed by atoms with van der Waals surface area (Å²) >= 11 is 6.29. The van der Waals surface area contributed by atoms with E-state index < -0.39 is 48.7 Å². The number of ether oxygens (including phenoxy) is 1. The van der Waals surface area contributed by atoms with Crippen LogP contribution in [0.4, 0.5) is 23.8 Å². The molecule has 0 bridgehead atoms. The molecular formula is C27H35ClF3N7O4. The number of methoxy groups -OCH3 is 1. The maximum Gasteiger partial charge on any atom is 0.410 e. The van der Waals surface area contributed by atoms with E-state index in [1.54, 1.807) is 16.8 Å². The second-order valence-corrected chi connectivity index (χ2v) is 11.5. The number of alkyl halides is 4. The molecule has 1 saturated heterocycles. The summed E-state index contributed by atoms with van der Waals surface area (Å²) in [6.07, 6.45) is 0.947. The zero-order valence-corrected chi connectivity index (χ0v) is 24.3. The molecule has 2 fully saturated rings. The van der Waals surface area contributed by atoms with Crippen LogP contribution in [-0.2, 0) is 9.53 Å². The van der Waals surface area contributed by atoms with Gasteiger partial charge in [-0.3, -0.25) is 14.3 Å². The lowest BCUT2D eigenvalue weighted by atomic mass is 9.83. The number of carbonyl (C=O) groups excluding carboxylic acids is 3. The molecule has 3 atom stereocenters. The standard InChI is InChI=1S/C27H35ClF3N7O4/c1-15(2)38-19(9-11-33-38)24(39)36-23(16-4-6-18(28)7-5-16)25(40)35-22-12-17(8-10-32-22)20(14-42-3)37-13-21(27(29,30)31)34-26(37)41/h8-12,15-16,18,20-21,23H,4-7,13-14H2,1-3H3,(H,34,41)(H,36,39)(H,32,35,40)/t16?,18?,20-,21+,23+/m1/s1. The highest BCUT2D eigenvalue weighted by atomic mass is 35.5. The highest BCUT2D eigenvalue weighted by Gasteiger charge is 2.48. The lowest BCUT2D eigenvalue weighted by molar-refractivity contribution is -0.150. The fraction of sp³-hybridized carbons (Fsp3) is 0.593. The van der Waals surface area contributed by atoms with Crippen LogP contribution in [-0.4, -0.2) is 81.4 Å². The molecule has 3 N–H and O–H groups in total. The van der Waals surface area contributed by atoms with Crippen LogP contribution in [0.3, 0.4) is 0 Å². The Hall–Kier alpha value is -3.39. The van der Waals surface area contributed by atoms with Crippen LogP contribution in [0.2, 0.25) is 0 Å². The second kappa shape index (κ2) is 13.3. The lowest BCUT2D eigenvalue weighted by Crippen LogP contribution is -2.50. The first-order chi connectivity index (χ1) is 19.9. The minimum atomic E-state index is -4.60. The van der Waals surface area contributed by atoms with Gasteiger partial charge in [0.2, 0.25) is 5.91 Å². The molecule has 0 spiro atoms. The largest absolute Gasteiger partial charge is 0.410 e. The van der Waals surface area contributed by atoms with Crippen LogP contribution in [0.1, 0.15) is 67.7 Å². The first-order valence-electron chi connectivity index (χ1n) is 13.8. The lowest BCUT2D eigenvalue weighted by Gasteiger charge is -2.32. The van der Waals surface area contributed by atoms with Crippen LogP contribution in [0.5, 0.6) is 0 Å². The zero-order valence-electron chi connectivity index (χ0n) is 23.5. The number of rotatable bonds is 10. The molecule has 1 aliphatic heterocycles. The van der Waals surface area contributed by atoms with Gasteiger partial charge in [-0.1, -0.05) is 0 Å². The molecule has 2 aliphatic rings. The Bertz CT molecular complexity index is 1270. The topological polar surface area (TPSA) is 130 Å². The maximum atomic E-state index is 13.6. The Morgan fingerprint density at radius 3 is 2.52 bits per heavy atom. The van der Waals surface area contributed by atoms with Crippen LogP contribution >= 0.6 is 11.6 Å². The van der Waals surface area contributed by atoms with Gasteiger partial charge in [0, 0.05) is 30.9 Å². The van der Waals surface area contributed by atoms with Crippen molar-refractivity contribution in [3.63, 3.8) is 0 Å². The Kier molecular flexibility index (Phi) is 9.97. The SMILES string of the molecule is COC[C@H](c1ccnc(NC(=O)[C@@H](NC(=O)c2ccnn2C(C)C)C2CCC(Cl)CC2)c1)N1C[C@@H](C(F)(F)F)NC1=O. The van der Waals surface area contributed by atoms with Gasteiger partial charge in [-0.05, 0) is 69.2 Å². The molecule has 2 aromatic rings. The van der Waals surface area contributed by atoms with Gasteiger partial charge in [-0.25, -0.2) is 9.78 Å². The van der Waals surface area contributed by atoms with Crippen molar-refractivity contribution in [2.45, 2.75) is 75.3 Å². The Labute approximate surface area is 246 Å². The number of hydrogen-bond acceptors (Lipinski definition) is 6. The molecule has 2 aromatic heterocycles. The van der Waals surface area contributed by atoms with Crippen molar-refractivity contribution in [3.8, 4) is 0 Å². The van der Waals surface area contributed by atoms with E-state index in [1.165, 1.54) is 25.6 Å². The first kappa shape index (κ1) is 31.5. The average molecular weight is 614 g/mol. The summed E-state index contributed by atoms with van der Waals surface area (Å²) in [7, 11) is 1.38. The minimum absolute atomic E-state index is 0.00108. The molecule has 1 saturated carbocycles. The van der Waals surface area contributed by atoms with E-state index in [0.717, 1.165) is 4.90 Å². The monoisotopic (exact) mass is 613 g/mol. The van der Waals surface area contributed by atoms with Crippen LogP contribution in [0.25, 0.3) is 0 Å². The van der Waals surface area contributed by atoms with Gasteiger partial charge in [-0.2, -0.15) is 18.3 Å². The van der Waals surface area contributed by atoms with E-state index in [0.29, 0.717) is 36.9 Å². The predicted molar refractivity (Wildman–Crippen MR) is 148 cm³/mol. The summed E-state index contributed by atoms with van der Waals surface area (Å²) in [6, 6.07) is -0.125. The van der Waals surface area contributed by atoms with Crippen molar-refractivity contribution in [1.82, 2.24) is 30.3 Å². The highest BCUT2D eigenvalue weighted by molar-refractivity contribution is 6.20. The Morgan fingerprint density at radius 1 is 1.19 bits per heavy atom. The van der Waals surface area contributed by atoms with Crippen molar-refractivity contribution in [2.24, 2.45) is 5.92 Å². The van der Waals surface area contributed by atoms with E-state index in [4.69, 9.17) is 16.3 Å². The van der Waals surface area contributed by atoms with Crippen LogP contribution < -0.4 is 16.0 Å². The molecular weight excluding hydrogens is 579 g/mol. The predicted octanol–water partition coefficient (Wildman–Crippen LogP) is 4.04. The Morgan fingerprint density at radius 2 is 1.90 bits per heavy atom. The fourth-order valence-electron chi connectivity index (χ4n) is 5.39. The first-order valence-corrected chi connectivity index (χ1v) is 14.2. The smallest absolute Gasteiger partial charge is 0.382 e. The van der Waals surface area contributed by atoms with E-state index in [2.05, 4.69) is 20.7 Å². The average Bonchev–Trinajstić information content (AvgIpc) is 3.58. The molecule has 0 unspecified atom stereocenters. The molecule has 0 radical (unpaired) electrons. The third-order valence-electron chi connectivity index (χ3n) is 7.59. The van der Waals surface area contributed by atoms with Gasteiger partial charge in [-0.15, -0.1) is 11.6 Å². The van der Waals surface area contributed by atoms with Crippen molar-refractivity contribution < 1.29 is 32.3 Å². The van der Waals surface area contributed by atoms with Crippen LogP contribution in [0.15, 0.2) is 30.6 Å². The number of anilines is 1. The number of urea groups is 1. The Balaban J connectivity index is 1.55. The van der Waals surface area contributed by atoms with Gasteiger partial charge in [0.05, 0.1) is 19.2 Å². The zero-order chi connectivity index (χ0) is 30.6. The molecule has 4 rings (SSSR count). The van der Waals surface area contributed by atoms with E-state index >= 15 is 0 Å². The van der Waals surface area contributed by atoms with E-state index in [9.17, 15) is 27.6 Å². The fourth-order valence-corrected chi connectivity index (χ4v) is 5.64. The normalized spacial score (nSPS) is 22.5. The number of carbonyl (C=O) groups is 3. The number of aromatic nitrogens is 3. The quantitative estimate of drug-likeness (QED) is 0.347. The molecule has 15 heteroatoms. The summed E-state index contributed by atoms with van der Waals surface area (Å²) in [4.78, 5) is 44.6. The summed E-state index contributed by atoms with van der Waals surface area (Å²) in [5, 5.41) is 11.8. The highest BCUT2D eigenvalue weighted by Crippen LogP contribution is 2.32. The van der Waals surface area contributed by atoms with E-state index in [1.807, 2.05) is 19.2 Å². The van der Waals surface area contributed by atoms with Gasteiger partial charge >= 0.3 is 12.2 Å². The summed E-state index contributed by atoms with van der Waals surface area (Å²) < 4.78 is 46.6. The number of pyridine rings is 1. The summed E-state index contributed by atoms with van der Waals surface area (Å²) in [6.45, 7) is 3.10. The number of nitrogens with zero attached hydrogens (tertiary/aromatic N) is 4. The second-order valence-electron chi connectivity index (χ2n) is 10.8. The van der Waals surface area contributed by atoms with Crippen molar-refractivity contribution in [1.29, 1.82) is 0 Å². The van der Waals surface area contributed by atoms with Crippen LogP contribution in [0, 0.1) is 5.92 Å². The number of nitrogens with one attached hydrogen (secondary N) is 3. The van der Waals surface area contributed by atoms with Gasteiger partial charge < -0.3 is 25.6 Å². The minimum Gasteiger partial charge on any atom is -0.382 e.